The van der Waals surface area contributed by atoms with Crippen LogP contribution in [-0.2, 0) is 9.16 Å². The van der Waals surface area contributed by atoms with Gasteiger partial charge in [-0.05, 0) is 48.8 Å². The summed E-state index contributed by atoms with van der Waals surface area (Å²) in [5.41, 5.74) is 1.11. The lowest BCUT2D eigenvalue weighted by atomic mass is 10.1. The number of benzene rings is 1. The van der Waals surface area contributed by atoms with Gasteiger partial charge in [-0.2, -0.15) is 23.4 Å². The fourth-order valence-corrected chi connectivity index (χ4v) is 4.50. The molecule has 5 nitrogen and oxygen atoms in total. The summed E-state index contributed by atoms with van der Waals surface area (Å²) in [5.74, 6) is 0.286. The minimum atomic E-state index is -4.60. The highest BCUT2D eigenvalue weighted by Gasteiger charge is 2.59. The van der Waals surface area contributed by atoms with Crippen molar-refractivity contribution in [2.75, 3.05) is 6.54 Å². The van der Waals surface area contributed by atoms with E-state index >= 15 is 0 Å². The summed E-state index contributed by atoms with van der Waals surface area (Å²) in [4.78, 5) is 5.79. The van der Waals surface area contributed by atoms with E-state index in [9.17, 15) is 13.2 Å². The van der Waals surface area contributed by atoms with Gasteiger partial charge in [0.25, 0.3) is 6.02 Å². The Balaban J connectivity index is 1.98. The molecule has 0 amide bonds. The van der Waals surface area contributed by atoms with E-state index in [0.717, 1.165) is 0 Å². The molecule has 2 aliphatic rings. The maximum atomic E-state index is 13.9. The van der Waals surface area contributed by atoms with Crippen molar-refractivity contribution in [3.05, 3.63) is 40.1 Å². The van der Waals surface area contributed by atoms with Gasteiger partial charge in [-0.3, -0.25) is 0 Å². The molecule has 0 aromatic heterocycles. The molecule has 1 fully saturated rings. The molecule has 0 spiro atoms. The van der Waals surface area contributed by atoms with E-state index in [0.29, 0.717) is 11.3 Å². The van der Waals surface area contributed by atoms with E-state index in [-0.39, 0.29) is 33.9 Å². The lowest BCUT2D eigenvalue weighted by Gasteiger charge is -2.38. The van der Waals surface area contributed by atoms with E-state index in [1.165, 1.54) is 11.0 Å². The molecule has 1 aromatic rings. The Labute approximate surface area is 186 Å². The van der Waals surface area contributed by atoms with Crippen LogP contribution < -0.4 is 0 Å². The largest absolute Gasteiger partial charge is 0.545 e. The minimum Gasteiger partial charge on any atom is -0.545 e. The van der Waals surface area contributed by atoms with Crippen LogP contribution in [0.3, 0.4) is 0 Å². The molecule has 0 N–H and O–H groups in total. The molecule has 10 heteroatoms. The minimum absolute atomic E-state index is 0.138. The van der Waals surface area contributed by atoms with Crippen molar-refractivity contribution in [2.45, 2.75) is 64.1 Å². The molecule has 2 atom stereocenters. The number of ether oxygens (including phenoxy) is 1. The van der Waals surface area contributed by atoms with Gasteiger partial charge in [0.15, 0.2) is 0 Å². The number of hydrogen-bond acceptors (Lipinski definition) is 4. The van der Waals surface area contributed by atoms with E-state index in [4.69, 9.17) is 26.0 Å². The smallest absolute Gasteiger partial charge is 0.428 e. The molecule has 0 bridgehead atoms. The average molecular weight is 472 g/mol. The van der Waals surface area contributed by atoms with Crippen LogP contribution in [0, 0.1) is 18.3 Å². The second-order valence-electron chi connectivity index (χ2n) is 9.22. The lowest BCUT2D eigenvalue weighted by Crippen LogP contribution is -2.46. The van der Waals surface area contributed by atoms with Crippen molar-refractivity contribution in [1.29, 1.82) is 5.26 Å². The van der Waals surface area contributed by atoms with Crippen LogP contribution >= 0.6 is 11.6 Å². The van der Waals surface area contributed by atoms with Crippen molar-refractivity contribution in [3.8, 4) is 6.07 Å². The van der Waals surface area contributed by atoms with Gasteiger partial charge in [0.1, 0.15) is 17.9 Å². The third-order valence-electron chi connectivity index (χ3n) is 6.08. The molecule has 2 aliphatic heterocycles. The molecule has 0 saturated carbocycles. The Hall–Kier alpha value is -2.18. The Bertz CT molecular complexity index is 993. The Morgan fingerprint density at radius 1 is 1.29 bits per heavy atom. The molecule has 0 aliphatic carbocycles. The van der Waals surface area contributed by atoms with E-state index in [1.54, 1.807) is 19.1 Å². The molecule has 0 unspecified atom stereocenters. The first-order valence-corrected chi connectivity index (χ1v) is 13.1. The number of halogens is 4. The molecular formula is C21H25ClF3N3O2Si. The number of rotatable bonds is 3. The Morgan fingerprint density at radius 2 is 1.94 bits per heavy atom. The Morgan fingerprint density at radius 3 is 2.48 bits per heavy atom. The normalized spacial score (nSPS) is 22.8. The molecule has 3 rings (SSSR count). The zero-order valence-corrected chi connectivity index (χ0v) is 20.0. The highest BCUT2D eigenvalue weighted by atomic mass is 35.5. The zero-order valence-electron chi connectivity index (χ0n) is 18.3. The van der Waals surface area contributed by atoms with Crippen LogP contribution in [0.5, 0.6) is 0 Å². The van der Waals surface area contributed by atoms with Crippen molar-refractivity contribution in [1.82, 2.24) is 4.90 Å². The number of hydrogen-bond donors (Lipinski definition) is 0. The first kappa shape index (κ1) is 23.5. The predicted octanol–water partition coefficient (Wildman–Crippen LogP) is 6.06. The second kappa shape index (κ2) is 7.75. The topological polar surface area (TPSA) is 57.9 Å². The number of alkyl halides is 3. The summed E-state index contributed by atoms with van der Waals surface area (Å²) < 4.78 is 53.1. The zero-order chi connectivity index (χ0) is 23.4. The molecule has 1 aromatic carbocycles. The number of fused-ring (bicyclic) bond motifs is 1. The van der Waals surface area contributed by atoms with Gasteiger partial charge in [-0.1, -0.05) is 32.4 Å². The quantitative estimate of drug-likeness (QED) is 0.503. The average Bonchev–Trinajstić information content (AvgIpc) is 3.19. The number of nitrogens with zero attached hydrogens (tertiary/aromatic N) is 3. The molecular weight excluding hydrogens is 447 g/mol. The standard InChI is InChI=1S/C21H25ClF3N3O2Si/c1-12-14(8-7-13(11-26)16(12)22)27-19-28-10-9-15(30-31(5,6)20(2,3)4)17(28)18(29-19)21(23,24)25/h7-9,17-18H,10H2,1-6H3/b27-19-/t17-,18-/m1/s1. The Kier molecular flexibility index (Phi) is 5.87. The second-order valence-corrected chi connectivity index (χ2v) is 14.3. The molecule has 31 heavy (non-hydrogen) atoms. The first-order valence-electron chi connectivity index (χ1n) is 9.84. The van der Waals surface area contributed by atoms with Gasteiger partial charge in [0.2, 0.25) is 14.4 Å². The van der Waals surface area contributed by atoms with Crippen molar-refractivity contribution in [2.24, 2.45) is 4.99 Å². The fraction of sp³-hybridized carbons (Fsp3) is 0.524. The van der Waals surface area contributed by atoms with Crippen molar-refractivity contribution < 1.29 is 22.3 Å². The first-order chi connectivity index (χ1) is 14.2. The van der Waals surface area contributed by atoms with Crippen LogP contribution in [-0.4, -0.2) is 44.1 Å². The molecule has 1 saturated heterocycles. The summed E-state index contributed by atoms with van der Waals surface area (Å²) in [5, 5.41) is 9.15. The summed E-state index contributed by atoms with van der Waals surface area (Å²) in [6.07, 6.45) is -5.00. The number of aliphatic imine (C=N–C) groups is 1. The number of nitriles is 1. The van der Waals surface area contributed by atoms with Crippen LogP contribution in [0.2, 0.25) is 23.2 Å². The maximum absolute atomic E-state index is 13.9. The third-order valence-corrected chi connectivity index (χ3v) is 10.9. The summed E-state index contributed by atoms with van der Waals surface area (Å²) in [6, 6.07) is 3.73. The van der Waals surface area contributed by atoms with E-state index < -0.39 is 26.6 Å². The maximum Gasteiger partial charge on any atom is 0.428 e. The van der Waals surface area contributed by atoms with Crippen LogP contribution in [0.1, 0.15) is 31.9 Å². The van der Waals surface area contributed by atoms with Gasteiger partial charge in [0, 0.05) is 6.54 Å². The van der Waals surface area contributed by atoms with Gasteiger partial charge in [0.05, 0.1) is 16.3 Å². The predicted molar refractivity (Wildman–Crippen MR) is 116 cm³/mol. The van der Waals surface area contributed by atoms with Gasteiger partial charge in [-0.25, -0.2) is 0 Å². The SMILES string of the molecule is Cc1c(/N=C2\O[C@@H](C(F)(F)F)[C@H]3C(O[Si](C)(C)C(C)(C)C)=CCN23)ccc(C#N)c1Cl. The summed E-state index contributed by atoms with van der Waals surface area (Å²) in [7, 11) is -2.35. The number of amidine groups is 1. The van der Waals surface area contributed by atoms with E-state index in [1.807, 2.05) is 39.9 Å². The van der Waals surface area contributed by atoms with Gasteiger partial charge in [-0.15, -0.1) is 0 Å². The van der Waals surface area contributed by atoms with Crippen LogP contribution in [0.15, 0.2) is 29.0 Å². The molecule has 0 radical (unpaired) electrons. The van der Waals surface area contributed by atoms with Crippen molar-refractivity contribution >= 4 is 31.6 Å². The third kappa shape index (κ3) is 4.28. The summed E-state index contributed by atoms with van der Waals surface area (Å²) >= 11 is 6.18. The van der Waals surface area contributed by atoms with Crippen LogP contribution in [0.4, 0.5) is 18.9 Å². The highest BCUT2D eigenvalue weighted by molar-refractivity contribution is 6.74. The lowest BCUT2D eigenvalue weighted by molar-refractivity contribution is -0.197. The molecule has 2 heterocycles. The van der Waals surface area contributed by atoms with Crippen LogP contribution in [0.25, 0.3) is 0 Å². The van der Waals surface area contributed by atoms with Crippen molar-refractivity contribution in [3.63, 3.8) is 0 Å². The van der Waals surface area contributed by atoms with Gasteiger partial charge >= 0.3 is 6.18 Å². The highest BCUT2D eigenvalue weighted by Crippen LogP contribution is 2.44. The fourth-order valence-electron chi connectivity index (χ4n) is 3.20. The van der Waals surface area contributed by atoms with E-state index in [2.05, 4.69) is 4.99 Å². The molecule has 168 valence electrons. The van der Waals surface area contributed by atoms with Gasteiger partial charge < -0.3 is 14.1 Å². The summed E-state index contributed by atoms with van der Waals surface area (Å²) in [6.45, 7) is 11.9. The monoisotopic (exact) mass is 471 g/mol.